The van der Waals surface area contributed by atoms with Crippen LogP contribution in [0.3, 0.4) is 0 Å². The molecule has 0 spiro atoms. The molecule has 0 saturated carbocycles. The van der Waals surface area contributed by atoms with Crippen molar-refractivity contribution in [3.63, 3.8) is 0 Å². The molecule has 0 atom stereocenters. The normalized spacial score (nSPS) is 10.0. The fraction of sp³-hybridized carbons (Fsp3) is 0.125. The second-order valence-corrected chi connectivity index (χ2v) is 4.47. The fourth-order valence-electron chi connectivity index (χ4n) is 1.76. The lowest BCUT2D eigenvalue weighted by Gasteiger charge is -2.07. The van der Waals surface area contributed by atoms with E-state index in [-0.39, 0.29) is 5.56 Å². The van der Waals surface area contributed by atoms with Crippen molar-refractivity contribution in [1.82, 2.24) is 0 Å². The third kappa shape index (κ3) is 4.14. The molecule has 0 saturated heterocycles. The molecule has 21 heavy (non-hydrogen) atoms. The molecule has 2 aromatic carbocycles. The molecule has 0 aliphatic carbocycles. The van der Waals surface area contributed by atoms with Crippen LogP contribution in [0, 0.1) is 12.7 Å². The molecule has 5 heteroatoms. The predicted molar refractivity (Wildman–Crippen MR) is 76.5 cm³/mol. The number of hydrogen-bond donors (Lipinski definition) is 1. The van der Waals surface area contributed by atoms with Gasteiger partial charge >= 0.3 is 5.97 Å². The molecule has 0 aromatic heterocycles. The number of hydrogen-bond acceptors (Lipinski definition) is 3. The van der Waals surface area contributed by atoms with Crippen LogP contribution in [0.4, 0.5) is 10.1 Å². The van der Waals surface area contributed by atoms with Gasteiger partial charge < -0.3 is 10.1 Å². The molecular weight excluding hydrogens is 273 g/mol. The molecule has 0 fully saturated rings. The van der Waals surface area contributed by atoms with E-state index in [1.807, 2.05) is 13.0 Å². The number of carbonyl (C=O) groups is 2. The van der Waals surface area contributed by atoms with Crippen molar-refractivity contribution in [3.05, 3.63) is 65.5 Å². The highest BCUT2D eigenvalue weighted by Crippen LogP contribution is 2.10. The van der Waals surface area contributed by atoms with Crippen LogP contribution in [0.5, 0.6) is 0 Å². The Kier molecular flexibility index (Phi) is 4.66. The van der Waals surface area contributed by atoms with Crippen molar-refractivity contribution in [2.24, 2.45) is 0 Å². The van der Waals surface area contributed by atoms with E-state index in [2.05, 4.69) is 5.32 Å². The first kappa shape index (κ1) is 14.7. The SMILES string of the molecule is Cc1cccc(NC(=O)COC(=O)c2ccccc2F)c1. The first-order chi connectivity index (χ1) is 10.1. The molecule has 0 aliphatic rings. The number of anilines is 1. The van der Waals surface area contributed by atoms with Crippen LogP contribution in [-0.4, -0.2) is 18.5 Å². The van der Waals surface area contributed by atoms with E-state index >= 15 is 0 Å². The standard InChI is InChI=1S/C16H14FNO3/c1-11-5-4-6-12(9-11)18-15(19)10-21-16(20)13-7-2-3-8-14(13)17/h2-9H,10H2,1H3,(H,18,19). The number of esters is 1. The second-order valence-electron chi connectivity index (χ2n) is 4.47. The lowest BCUT2D eigenvalue weighted by molar-refractivity contribution is -0.119. The van der Waals surface area contributed by atoms with Crippen molar-refractivity contribution in [2.75, 3.05) is 11.9 Å². The first-order valence-corrected chi connectivity index (χ1v) is 6.34. The van der Waals surface area contributed by atoms with Crippen LogP contribution in [0.25, 0.3) is 0 Å². The number of amides is 1. The van der Waals surface area contributed by atoms with Crippen LogP contribution in [0.15, 0.2) is 48.5 Å². The topological polar surface area (TPSA) is 55.4 Å². The molecule has 0 bridgehead atoms. The van der Waals surface area contributed by atoms with E-state index in [1.54, 1.807) is 18.2 Å². The molecule has 108 valence electrons. The van der Waals surface area contributed by atoms with Crippen LogP contribution in [0.2, 0.25) is 0 Å². The number of ether oxygens (including phenoxy) is 1. The summed E-state index contributed by atoms with van der Waals surface area (Å²) in [5, 5.41) is 2.59. The number of nitrogens with one attached hydrogen (secondary N) is 1. The van der Waals surface area contributed by atoms with Gasteiger partial charge in [0.05, 0.1) is 5.56 Å². The Bertz CT molecular complexity index is 670. The van der Waals surface area contributed by atoms with Gasteiger partial charge in [-0.3, -0.25) is 4.79 Å². The molecule has 0 radical (unpaired) electrons. The summed E-state index contributed by atoms with van der Waals surface area (Å²) >= 11 is 0. The Morgan fingerprint density at radius 1 is 1.14 bits per heavy atom. The van der Waals surface area contributed by atoms with E-state index in [0.717, 1.165) is 11.6 Å². The zero-order valence-corrected chi connectivity index (χ0v) is 11.4. The quantitative estimate of drug-likeness (QED) is 0.880. The van der Waals surface area contributed by atoms with Gasteiger partial charge in [0.25, 0.3) is 5.91 Å². The van der Waals surface area contributed by atoms with Gasteiger partial charge in [0.1, 0.15) is 5.82 Å². The zero-order valence-electron chi connectivity index (χ0n) is 11.4. The monoisotopic (exact) mass is 287 g/mol. The summed E-state index contributed by atoms with van der Waals surface area (Å²) in [5.74, 6) is -2.03. The van der Waals surface area contributed by atoms with Crippen molar-refractivity contribution in [2.45, 2.75) is 6.92 Å². The molecule has 1 amide bonds. The van der Waals surface area contributed by atoms with Crippen LogP contribution >= 0.6 is 0 Å². The van der Waals surface area contributed by atoms with Crippen LogP contribution in [0.1, 0.15) is 15.9 Å². The summed E-state index contributed by atoms with van der Waals surface area (Å²) in [6.45, 7) is 1.43. The van der Waals surface area contributed by atoms with E-state index in [4.69, 9.17) is 4.74 Å². The van der Waals surface area contributed by atoms with Crippen molar-refractivity contribution in [1.29, 1.82) is 0 Å². The molecule has 2 aromatic rings. The Labute approximate surface area is 121 Å². The lowest BCUT2D eigenvalue weighted by Crippen LogP contribution is -2.21. The first-order valence-electron chi connectivity index (χ1n) is 6.34. The third-order valence-corrected chi connectivity index (χ3v) is 2.73. The van der Waals surface area contributed by atoms with Gasteiger partial charge in [-0.05, 0) is 36.8 Å². The average Bonchev–Trinajstić information content (AvgIpc) is 2.45. The molecule has 0 aliphatic heterocycles. The highest BCUT2D eigenvalue weighted by Gasteiger charge is 2.14. The van der Waals surface area contributed by atoms with Crippen molar-refractivity contribution >= 4 is 17.6 Å². The largest absolute Gasteiger partial charge is 0.452 e. The van der Waals surface area contributed by atoms with Gasteiger partial charge in [0.2, 0.25) is 0 Å². The highest BCUT2D eigenvalue weighted by atomic mass is 19.1. The molecule has 2 rings (SSSR count). The Morgan fingerprint density at radius 2 is 1.90 bits per heavy atom. The maximum absolute atomic E-state index is 13.4. The zero-order chi connectivity index (χ0) is 15.2. The predicted octanol–water partition coefficient (Wildman–Crippen LogP) is 2.93. The number of benzene rings is 2. The highest BCUT2D eigenvalue weighted by molar-refractivity contribution is 5.95. The average molecular weight is 287 g/mol. The van der Waals surface area contributed by atoms with Gasteiger partial charge in [-0.25, -0.2) is 9.18 Å². The second kappa shape index (κ2) is 6.65. The fourth-order valence-corrected chi connectivity index (χ4v) is 1.76. The summed E-state index contributed by atoms with van der Waals surface area (Å²) in [4.78, 5) is 23.3. The van der Waals surface area contributed by atoms with E-state index in [1.165, 1.54) is 18.2 Å². The Hall–Kier alpha value is -2.69. The summed E-state index contributed by atoms with van der Waals surface area (Å²) < 4.78 is 18.1. The number of aryl methyl sites for hydroxylation is 1. The summed E-state index contributed by atoms with van der Waals surface area (Å²) in [6, 6.07) is 12.7. The maximum Gasteiger partial charge on any atom is 0.341 e. The minimum Gasteiger partial charge on any atom is -0.452 e. The Morgan fingerprint density at radius 3 is 2.62 bits per heavy atom. The minimum atomic E-state index is -0.868. The molecule has 0 heterocycles. The summed E-state index contributed by atoms with van der Waals surface area (Å²) in [5.41, 5.74) is 1.42. The van der Waals surface area contributed by atoms with Crippen LogP contribution < -0.4 is 5.32 Å². The molecule has 4 nitrogen and oxygen atoms in total. The maximum atomic E-state index is 13.4. The van der Waals surface area contributed by atoms with E-state index in [9.17, 15) is 14.0 Å². The number of rotatable bonds is 4. The smallest absolute Gasteiger partial charge is 0.341 e. The Balaban J connectivity index is 1.90. The lowest BCUT2D eigenvalue weighted by atomic mass is 10.2. The summed E-state index contributed by atoms with van der Waals surface area (Å²) in [7, 11) is 0. The van der Waals surface area contributed by atoms with Gasteiger partial charge in [-0.15, -0.1) is 0 Å². The number of halogens is 1. The van der Waals surface area contributed by atoms with Gasteiger partial charge in [0.15, 0.2) is 6.61 Å². The van der Waals surface area contributed by atoms with Gasteiger partial charge in [-0.1, -0.05) is 24.3 Å². The molecule has 0 unspecified atom stereocenters. The van der Waals surface area contributed by atoms with Crippen LogP contribution in [-0.2, 0) is 9.53 Å². The number of carbonyl (C=O) groups excluding carboxylic acids is 2. The molecule has 1 N–H and O–H groups in total. The molecular formula is C16H14FNO3. The minimum absolute atomic E-state index is 0.194. The van der Waals surface area contributed by atoms with Crippen molar-refractivity contribution in [3.8, 4) is 0 Å². The van der Waals surface area contributed by atoms with E-state index < -0.39 is 24.3 Å². The summed E-state index contributed by atoms with van der Waals surface area (Å²) in [6.07, 6.45) is 0. The van der Waals surface area contributed by atoms with Gasteiger partial charge in [0, 0.05) is 5.69 Å². The van der Waals surface area contributed by atoms with E-state index in [0.29, 0.717) is 5.69 Å². The van der Waals surface area contributed by atoms with Gasteiger partial charge in [-0.2, -0.15) is 0 Å². The van der Waals surface area contributed by atoms with Crippen molar-refractivity contribution < 1.29 is 18.7 Å². The third-order valence-electron chi connectivity index (χ3n) is 2.73.